The van der Waals surface area contributed by atoms with Crippen LogP contribution in [0.5, 0.6) is 5.75 Å². The highest BCUT2D eigenvalue weighted by molar-refractivity contribution is 8.18. The molecule has 6 heteroatoms. The van der Waals surface area contributed by atoms with E-state index in [0.717, 1.165) is 41.3 Å². The summed E-state index contributed by atoms with van der Waals surface area (Å²) in [6.45, 7) is 0.179. The zero-order valence-electron chi connectivity index (χ0n) is 20.1. The quantitative estimate of drug-likeness (QED) is 0.396. The molecule has 0 bridgehead atoms. The molecule has 0 unspecified atom stereocenters. The lowest BCUT2D eigenvalue weighted by Gasteiger charge is -2.31. The van der Waals surface area contributed by atoms with Crippen molar-refractivity contribution < 1.29 is 13.9 Å². The Hall–Kier alpha value is -2.60. The Morgan fingerprint density at radius 3 is 2.34 bits per heavy atom. The van der Waals surface area contributed by atoms with Crippen LogP contribution < -0.4 is 4.74 Å². The predicted molar refractivity (Wildman–Crippen MR) is 141 cm³/mol. The van der Waals surface area contributed by atoms with Crippen LogP contribution in [0.2, 0.25) is 0 Å². The van der Waals surface area contributed by atoms with Gasteiger partial charge in [-0.15, -0.1) is 0 Å². The summed E-state index contributed by atoms with van der Waals surface area (Å²) in [6, 6.07) is 14.9. The minimum Gasteiger partial charge on any atom is -0.489 e. The van der Waals surface area contributed by atoms with Crippen LogP contribution in [0.1, 0.15) is 75.3 Å². The van der Waals surface area contributed by atoms with E-state index in [9.17, 15) is 9.18 Å². The zero-order valence-corrected chi connectivity index (χ0v) is 20.9. The van der Waals surface area contributed by atoms with Gasteiger partial charge in [-0.1, -0.05) is 68.9 Å². The normalized spacial score (nSPS) is 22.3. The molecular formula is C29H33FN2O2S. The maximum Gasteiger partial charge on any atom is 0.266 e. The third-order valence-electron chi connectivity index (χ3n) is 7.17. The Kier molecular flexibility index (Phi) is 7.87. The van der Waals surface area contributed by atoms with Gasteiger partial charge < -0.3 is 4.74 Å². The number of carbonyl (C=O) groups excluding carboxylic acids is 1. The Morgan fingerprint density at radius 2 is 1.63 bits per heavy atom. The van der Waals surface area contributed by atoms with Crippen molar-refractivity contribution in [3.8, 4) is 5.75 Å². The minimum absolute atomic E-state index is 0.0938. The highest BCUT2D eigenvalue weighted by Crippen LogP contribution is 2.38. The largest absolute Gasteiger partial charge is 0.489 e. The average molecular weight is 493 g/mol. The van der Waals surface area contributed by atoms with Gasteiger partial charge >= 0.3 is 0 Å². The van der Waals surface area contributed by atoms with Gasteiger partial charge in [-0.25, -0.2) is 4.39 Å². The Labute approximate surface area is 211 Å². The van der Waals surface area contributed by atoms with Crippen molar-refractivity contribution >= 4 is 28.9 Å². The Morgan fingerprint density at radius 1 is 0.943 bits per heavy atom. The van der Waals surface area contributed by atoms with Crippen LogP contribution in [0.4, 0.5) is 4.39 Å². The molecule has 2 saturated carbocycles. The molecule has 35 heavy (non-hydrogen) atoms. The monoisotopic (exact) mass is 492 g/mol. The van der Waals surface area contributed by atoms with Gasteiger partial charge in [0.25, 0.3) is 5.91 Å². The van der Waals surface area contributed by atoms with Gasteiger partial charge in [-0.05, 0) is 67.3 Å². The Bertz CT molecular complexity index is 1090. The van der Waals surface area contributed by atoms with Crippen molar-refractivity contribution in [1.82, 2.24) is 4.90 Å². The van der Waals surface area contributed by atoms with Gasteiger partial charge in [0.2, 0.25) is 0 Å². The SMILES string of the molecule is O=C1C(=Cc2ccc(OCc3ccccc3F)cc2)SC(=NC2CCCCC2)N1C1CCCCC1. The van der Waals surface area contributed by atoms with Gasteiger partial charge in [0.15, 0.2) is 5.17 Å². The van der Waals surface area contributed by atoms with E-state index in [1.54, 1.807) is 18.2 Å². The first-order valence-corrected chi connectivity index (χ1v) is 13.8. The van der Waals surface area contributed by atoms with Crippen LogP contribution >= 0.6 is 11.8 Å². The van der Waals surface area contributed by atoms with Gasteiger partial charge in [0.1, 0.15) is 18.2 Å². The van der Waals surface area contributed by atoms with Crippen LogP contribution in [0, 0.1) is 5.82 Å². The number of thioether (sulfide) groups is 1. The number of ether oxygens (including phenoxy) is 1. The topological polar surface area (TPSA) is 41.9 Å². The molecule has 4 nitrogen and oxygen atoms in total. The molecule has 0 N–H and O–H groups in total. The van der Waals surface area contributed by atoms with Crippen LogP contribution in [0.3, 0.4) is 0 Å². The summed E-state index contributed by atoms with van der Waals surface area (Å²) in [6.07, 6.45) is 13.7. The molecule has 1 saturated heterocycles. The molecule has 2 aromatic rings. The summed E-state index contributed by atoms with van der Waals surface area (Å²) in [7, 11) is 0. The summed E-state index contributed by atoms with van der Waals surface area (Å²) in [5.41, 5.74) is 1.47. The molecular weight excluding hydrogens is 459 g/mol. The van der Waals surface area contributed by atoms with Gasteiger partial charge in [-0.3, -0.25) is 14.7 Å². The summed E-state index contributed by atoms with van der Waals surface area (Å²) in [5.74, 6) is 0.499. The molecule has 2 aliphatic carbocycles. The number of benzene rings is 2. The van der Waals surface area contributed by atoms with Gasteiger partial charge in [-0.2, -0.15) is 0 Å². The highest BCUT2D eigenvalue weighted by atomic mass is 32.2. The van der Waals surface area contributed by atoms with E-state index >= 15 is 0 Å². The predicted octanol–water partition coefficient (Wildman–Crippen LogP) is 7.34. The van der Waals surface area contributed by atoms with Crippen LogP contribution in [-0.2, 0) is 11.4 Å². The molecule has 0 aromatic heterocycles. The zero-order chi connectivity index (χ0) is 24.0. The van der Waals surface area contributed by atoms with Crippen LogP contribution in [0.15, 0.2) is 58.4 Å². The standard InChI is InChI=1S/C29H33FN2O2S/c30-26-14-8-7-9-22(26)20-34-25-17-15-21(16-18-25)19-27-28(33)32(24-12-5-2-6-13-24)29(35-27)31-23-10-3-1-4-11-23/h7-9,14-19,23-24H,1-6,10-13,20H2. The number of amidine groups is 1. The average Bonchev–Trinajstić information content (AvgIpc) is 3.19. The van der Waals surface area contributed by atoms with E-state index in [-0.39, 0.29) is 24.4 Å². The van der Waals surface area contributed by atoms with E-state index < -0.39 is 0 Å². The fourth-order valence-corrected chi connectivity index (χ4v) is 6.30. The fourth-order valence-electron chi connectivity index (χ4n) is 5.19. The minimum atomic E-state index is -0.265. The van der Waals surface area contributed by atoms with Crippen molar-refractivity contribution in [2.75, 3.05) is 0 Å². The van der Waals surface area contributed by atoms with Crippen molar-refractivity contribution in [1.29, 1.82) is 0 Å². The molecule has 1 amide bonds. The second kappa shape index (κ2) is 11.4. The summed E-state index contributed by atoms with van der Waals surface area (Å²) in [4.78, 5) is 21.4. The van der Waals surface area contributed by atoms with Gasteiger partial charge in [0, 0.05) is 11.6 Å². The number of carbonyl (C=O) groups is 1. The number of aliphatic imine (C=N–C) groups is 1. The van der Waals surface area contributed by atoms with Crippen molar-refractivity contribution in [3.63, 3.8) is 0 Å². The van der Waals surface area contributed by atoms with E-state index in [1.807, 2.05) is 35.2 Å². The molecule has 0 atom stereocenters. The van der Waals surface area contributed by atoms with E-state index in [2.05, 4.69) is 0 Å². The third kappa shape index (κ3) is 5.97. The second-order valence-electron chi connectivity index (χ2n) is 9.73. The molecule has 5 rings (SSSR count). The first-order valence-electron chi connectivity index (χ1n) is 12.9. The molecule has 0 spiro atoms. The second-order valence-corrected chi connectivity index (χ2v) is 10.7. The van der Waals surface area contributed by atoms with Crippen molar-refractivity contribution in [2.45, 2.75) is 82.9 Å². The van der Waals surface area contributed by atoms with Crippen molar-refractivity contribution in [3.05, 3.63) is 70.4 Å². The molecule has 3 fully saturated rings. The van der Waals surface area contributed by atoms with Crippen LogP contribution in [0.25, 0.3) is 6.08 Å². The molecule has 1 heterocycles. The lowest BCUT2D eigenvalue weighted by molar-refractivity contribution is -0.124. The summed E-state index contributed by atoms with van der Waals surface area (Å²) < 4.78 is 19.6. The number of halogens is 1. The lowest BCUT2D eigenvalue weighted by Crippen LogP contribution is -2.41. The molecule has 184 valence electrons. The molecule has 0 radical (unpaired) electrons. The fraction of sp³-hybridized carbons (Fsp3) is 0.448. The smallest absolute Gasteiger partial charge is 0.266 e. The molecule has 3 aliphatic rings. The first kappa shape index (κ1) is 24.1. The lowest BCUT2D eigenvalue weighted by atomic mass is 9.94. The van der Waals surface area contributed by atoms with E-state index in [4.69, 9.17) is 9.73 Å². The number of hydrogen-bond donors (Lipinski definition) is 0. The van der Waals surface area contributed by atoms with Crippen LogP contribution in [-0.4, -0.2) is 28.1 Å². The van der Waals surface area contributed by atoms with E-state index in [1.165, 1.54) is 56.4 Å². The molecule has 2 aromatic carbocycles. The first-order chi connectivity index (χ1) is 17.2. The maximum atomic E-state index is 13.8. The molecule has 1 aliphatic heterocycles. The number of hydrogen-bond acceptors (Lipinski definition) is 4. The summed E-state index contributed by atoms with van der Waals surface area (Å²) in [5, 5.41) is 0.907. The highest BCUT2D eigenvalue weighted by Gasteiger charge is 2.39. The van der Waals surface area contributed by atoms with Gasteiger partial charge in [0.05, 0.1) is 10.9 Å². The number of amides is 1. The number of nitrogens with zero attached hydrogens (tertiary/aromatic N) is 2. The number of rotatable bonds is 6. The van der Waals surface area contributed by atoms with E-state index in [0.29, 0.717) is 17.4 Å². The van der Waals surface area contributed by atoms with Crippen molar-refractivity contribution in [2.24, 2.45) is 4.99 Å². The third-order valence-corrected chi connectivity index (χ3v) is 8.17. The summed E-state index contributed by atoms with van der Waals surface area (Å²) >= 11 is 1.54. The Balaban J connectivity index is 1.31. The maximum absolute atomic E-state index is 13.8.